The van der Waals surface area contributed by atoms with Gasteiger partial charge in [-0.1, -0.05) is 30.3 Å². The fraction of sp³-hybridized carbons (Fsp3) is 0.389. The van der Waals surface area contributed by atoms with Crippen LogP contribution in [0.3, 0.4) is 0 Å². The molecule has 1 heterocycles. The number of aliphatic hydroxyl groups excluding tert-OH is 1. The number of nitrogens with one attached hydrogen (secondary N) is 2. The molecular weight excluding hydrogens is 445 g/mol. The number of imidazole rings is 1. The van der Waals surface area contributed by atoms with E-state index in [-0.39, 0.29) is 35.5 Å². The molecule has 3 N–H and O–H groups in total. The summed E-state index contributed by atoms with van der Waals surface area (Å²) in [5, 5.41) is 14.8. The van der Waals surface area contributed by atoms with Crippen molar-refractivity contribution in [2.45, 2.75) is 37.8 Å². The Balaban J connectivity index is 2.05. The second-order valence-corrected chi connectivity index (χ2v) is 7.51. The van der Waals surface area contributed by atoms with Gasteiger partial charge in [-0.3, -0.25) is 9.59 Å². The van der Waals surface area contributed by atoms with Crippen LogP contribution in [0.25, 0.3) is 0 Å². The zero-order valence-corrected chi connectivity index (χ0v) is 17.5. The molecule has 1 aromatic heterocycles. The maximum atomic E-state index is 12.8. The van der Waals surface area contributed by atoms with E-state index in [0.717, 1.165) is 36.4 Å². The van der Waals surface area contributed by atoms with Crippen molar-refractivity contribution in [2.75, 3.05) is 17.6 Å². The van der Waals surface area contributed by atoms with Crippen molar-refractivity contribution >= 4 is 40.9 Å². The fourth-order valence-corrected chi connectivity index (χ4v) is 3.34. The van der Waals surface area contributed by atoms with Crippen molar-refractivity contribution in [3.63, 3.8) is 0 Å². The fourth-order valence-electron chi connectivity index (χ4n) is 2.38. The van der Waals surface area contributed by atoms with Crippen LogP contribution in [0.2, 0.25) is 5.02 Å². The third kappa shape index (κ3) is 6.64. The Morgan fingerprint density at radius 2 is 2.03 bits per heavy atom. The zero-order valence-electron chi connectivity index (χ0n) is 15.9. The number of amides is 2. The average molecular weight is 465 g/mol. The molecule has 0 spiro atoms. The largest absolute Gasteiger partial charge is 0.416 e. The monoisotopic (exact) mass is 464 g/mol. The van der Waals surface area contributed by atoms with Crippen LogP contribution in [0.5, 0.6) is 0 Å². The standard InChI is InChI=1S/C18H20ClF3N4O3S/c1-2-5-23-15(28)8-26-12(9-27)7-24-17(26)30-10-16(29)25-14-6-11(18(20,21)22)3-4-13(14)19/h3-4,6-7,27H,2,5,8-10H2,1H3,(H,23,28)(H,25,29). The minimum atomic E-state index is -4.57. The lowest BCUT2D eigenvalue weighted by molar-refractivity contribution is -0.137. The second kappa shape index (κ2) is 10.7. The molecule has 0 atom stereocenters. The van der Waals surface area contributed by atoms with Gasteiger partial charge in [-0.15, -0.1) is 0 Å². The molecule has 12 heteroatoms. The van der Waals surface area contributed by atoms with E-state index in [1.54, 1.807) is 0 Å². The highest BCUT2D eigenvalue weighted by atomic mass is 35.5. The Morgan fingerprint density at radius 3 is 2.67 bits per heavy atom. The van der Waals surface area contributed by atoms with Crippen molar-refractivity contribution in [1.29, 1.82) is 0 Å². The molecule has 7 nitrogen and oxygen atoms in total. The maximum Gasteiger partial charge on any atom is 0.416 e. The van der Waals surface area contributed by atoms with Crippen molar-refractivity contribution in [3.05, 3.63) is 40.7 Å². The molecule has 0 aliphatic heterocycles. The van der Waals surface area contributed by atoms with Crippen molar-refractivity contribution in [2.24, 2.45) is 0 Å². The summed E-state index contributed by atoms with van der Waals surface area (Å²) in [6.45, 7) is 1.98. The minimum Gasteiger partial charge on any atom is -0.390 e. The number of nitrogens with zero attached hydrogens (tertiary/aromatic N) is 2. The lowest BCUT2D eigenvalue weighted by atomic mass is 10.2. The van der Waals surface area contributed by atoms with Gasteiger partial charge in [0.25, 0.3) is 0 Å². The van der Waals surface area contributed by atoms with Crippen LogP contribution in [0, 0.1) is 0 Å². The van der Waals surface area contributed by atoms with E-state index < -0.39 is 17.6 Å². The molecule has 1 aromatic carbocycles. The van der Waals surface area contributed by atoms with E-state index in [1.165, 1.54) is 10.8 Å². The van der Waals surface area contributed by atoms with E-state index in [1.807, 2.05) is 6.92 Å². The number of anilines is 1. The molecule has 0 radical (unpaired) electrons. The number of thioether (sulfide) groups is 1. The van der Waals surface area contributed by atoms with Gasteiger partial charge in [0.05, 0.1) is 40.5 Å². The van der Waals surface area contributed by atoms with Crippen LogP contribution in [0.4, 0.5) is 18.9 Å². The van der Waals surface area contributed by atoms with Gasteiger partial charge in [-0.2, -0.15) is 13.2 Å². The number of hydrogen-bond acceptors (Lipinski definition) is 5. The first-order chi connectivity index (χ1) is 14.2. The van der Waals surface area contributed by atoms with Gasteiger partial charge in [0.1, 0.15) is 6.54 Å². The topological polar surface area (TPSA) is 96.2 Å². The Hall–Kier alpha value is -2.24. The Labute approximate surface area is 180 Å². The molecule has 30 heavy (non-hydrogen) atoms. The number of benzene rings is 1. The average Bonchev–Trinajstić information content (AvgIpc) is 3.07. The molecule has 2 aromatic rings. The van der Waals surface area contributed by atoms with E-state index in [2.05, 4.69) is 15.6 Å². The second-order valence-electron chi connectivity index (χ2n) is 6.16. The molecule has 0 aliphatic rings. The predicted molar refractivity (Wildman–Crippen MR) is 107 cm³/mol. The summed E-state index contributed by atoms with van der Waals surface area (Å²) in [6.07, 6.45) is -2.41. The summed E-state index contributed by atoms with van der Waals surface area (Å²) in [5.74, 6) is -1.06. The molecule has 0 saturated carbocycles. The minimum absolute atomic E-state index is 0.0296. The summed E-state index contributed by atoms with van der Waals surface area (Å²) in [5.41, 5.74) is -0.697. The van der Waals surface area contributed by atoms with Crippen LogP contribution in [0.1, 0.15) is 24.6 Å². The maximum absolute atomic E-state index is 12.8. The first-order valence-corrected chi connectivity index (χ1v) is 10.2. The molecule has 0 bridgehead atoms. The van der Waals surface area contributed by atoms with Gasteiger partial charge in [0.15, 0.2) is 5.16 Å². The van der Waals surface area contributed by atoms with E-state index in [4.69, 9.17) is 11.6 Å². The molecular formula is C18H20ClF3N4O3S. The molecule has 0 aliphatic carbocycles. The molecule has 0 fully saturated rings. The lowest BCUT2D eigenvalue weighted by Crippen LogP contribution is -2.29. The summed E-state index contributed by atoms with van der Waals surface area (Å²) >= 11 is 6.85. The summed E-state index contributed by atoms with van der Waals surface area (Å²) in [4.78, 5) is 28.3. The third-order valence-electron chi connectivity index (χ3n) is 3.84. The number of rotatable bonds is 9. The number of hydrogen-bond donors (Lipinski definition) is 3. The quantitative estimate of drug-likeness (QED) is 0.495. The number of aliphatic hydroxyl groups is 1. The Morgan fingerprint density at radius 1 is 1.30 bits per heavy atom. The van der Waals surface area contributed by atoms with Crippen LogP contribution in [-0.2, 0) is 28.9 Å². The van der Waals surface area contributed by atoms with Gasteiger partial charge in [0, 0.05) is 6.54 Å². The zero-order chi connectivity index (χ0) is 22.3. The normalized spacial score (nSPS) is 11.4. The third-order valence-corrected chi connectivity index (χ3v) is 5.16. The number of carbonyl (C=O) groups excluding carboxylic acids is 2. The van der Waals surface area contributed by atoms with Crippen LogP contribution in [0.15, 0.2) is 29.6 Å². The first kappa shape index (κ1) is 24.0. The molecule has 164 valence electrons. The Kier molecular flexibility index (Phi) is 8.56. The van der Waals surface area contributed by atoms with Gasteiger partial charge >= 0.3 is 6.18 Å². The predicted octanol–water partition coefficient (Wildman–Crippen LogP) is 3.30. The summed E-state index contributed by atoms with van der Waals surface area (Å²) < 4.78 is 40.0. The van der Waals surface area contributed by atoms with E-state index >= 15 is 0 Å². The van der Waals surface area contributed by atoms with Gasteiger partial charge in [-0.05, 0) is 24.6 Å². The van der Waals surface area contributed by atoms with Crippen LogP contribution in [-0.4, -0.2) is 38.8 Å². The number of carbonyl (C=O) groups is 2. The molecule has 2 amide bonds. The van der Waals surface area contributed by atoms with Crippen LogP contribution >= 0.6 is 23.4 Å². The highest BCUT2D eigenvalue weighted by Crippen LogP contribution is 2.34. The SMILES string of the molecule is CCCNC(=O)Cn1c(CO)cnc1SCC(=O)Nc1cc(C(F)(F)F)ccc1Cl. The smallest absolute Gasteiger partial charge is 0.390 e. The van der Waals surface area contributed by atoms with Gasteiger partial charge in [-0.25, -0.2) is 4.98 Å². The highest BCUT2D eigenvalue weighted by Gasteiger charge is 2.31. The lowest BCUT2D eigenvalue weighted by Gasteiger charge is -2.12. The Bertz CT molecular complexity index is 905. The number of aromatic nitrogens is 2. The van der Waals surface area contributed by atoms with Crippen LogP contribution < -0.4 is 10.6 Å². The first-order valence-electron chi connectivity index (χ1n) is 8.87. The van der Waals surface area contributed by atoms with E-state index in [9.17, 15) is 27.9 Å². The molecule has 0 unspecified atom stereocenters. The van der Waals surface area contributed by atoms with Crippen molar-refractivity contribution in [3.8, 4) is 0 Å². The molecule has 0 saturated heterocycles. The van der Waals surface area contributed by atoms with Crippen molar-refractivity contribution in [1.82, 2.24) is 14.9 Å². The van der Waals surface area contributed by atoms with Gasteiger partial charge < -0.3 is 20.3 Å². The van der Waals surface area contributed by atoms with Gasteiger partial charge in [0.2, 0.25) is 11.8 Å². The molecule has 2 rings (SSSR count). The number of alkyl halides is 3. The number of halogens is 4. The van der Waals surface area contributed by atoms with E-state index in [0.29, 0.717) is 17.4 Å². The summed E-state index contributed by atoms with van der Waals surface area (Å²) in [6, 6.07) is 2.64. The van der Waals surface area contributed by atoms with Crippen molar-refractivity contribution < 1.29 is 27.9 Å². The highest BCUT2D eigenvalue weighted by molar-refractivity contribution is 7.99. The summed E-state index contributed by atoms with van der Waals surface area (Å²) in [7, 11) is 0.